The molecule has 28 heavy (non-hydrogen) atoms. The SMILES string of the molecule is COCc1ccc(CNC(=O)c2ccc(OCc3c(C)noc3C)cc2)cc1. The number of methoxy groups -OCH3 is 1. The summed E-state index contributed by atoms with van der Waals surface area (Å²) in [6.45, 7) is 5.17. The van der Waals surface area contributed by atoms with Gasteiger partial charge >= 0.3 is 0 Å². The maximum Gasteiger partial charge on any atom is 0.251 e. The predicted molar refractivity (Wildman–Crippen MR) is 105 cm³/mol. The molecule has 1 N–H and O–H groups in total. The summed E-state index contributed by atoms with van der Waals surface area (Å²) in [7, 11) is 1.67. The first-order chi connectivity index (χ1) is 13.6. The molecule has 0 aliphatic heterocycles. The number of amides is 1. The van der Waals surface area contributed by atoms with Crippen molar-refractivity contribution in [2.45, 2.75) is 33.6 Å². The van der Waals surface area contributed by atoms with Crippen molar-refractivity contribution in [2.24, 2.45) is 0 Å². The number of nitrogens with zero attached hydrogens (tertiary/aromatic N) is 1. The highest BCUT2D eigenvalue weighted by Gasteiger charge is 2.10. The number of hydrogen-bond acceptors (Lipinski definition) is 5. The van der Waals surface area contributed by atoms with E-state index in [2.05, 4.69) is 10.5 Å². The first kappa shape index (κ1) is 19.6. The Labute approximate surface area is 164 Å². The van der Waals surface area contributed by atoms with E-state index in [1.54, 1.807) is 31.4 Å². The van der Waals surface area contributed by atoms with Gasteiger partial charge in [-0.05, 0) is 49.2 Å². The van der Waals surface area contributed by atoms with Gasteiger partial charge in [0.05, 0.1) is 17.9 Å². The molecule has 0 radical (unpaired) electrons. The molecule has 6 heteroatoms. The van der Waals surface area contributed by atoms with Crippen LogP contribution in [0.15, 0.2) is 53.1 Å². The molecule has 6 nitrogen and oxygen atoms in total. The number of aryl methyl sites for hydroxylation is 2. The Hall–Kier alpha value is -3.12. The van der Waals surface area contributed by atoms with Gasteiger partial charge in [0, 0.05) is 19.2 Å². The third kappa shape index (κ3) is 4.98. The van der Waals surface area contributed by atoms with E-state index < -0.39 is 0 Å². The van der Waals surface area contributed by atoms with Gasteiger partial charge in [-0.15, -0.1) is 0 Å². The van der Waals surface area contributed by atoms with Gasteiger partial charge in [-0.1, -0.05) is 29.4 Å². The lowest BCUT2D eigenvalue weighted by molar-refractivity contribution is 0.0951. The third-order valence-electron chi connectivity index (χ3n) is 4.47. The maximum absolute atomic E-state index is 12.3. The normalized spacial score (nSPS) is 10.7. The molecule has 3 aromatic rings. The van der Waals surface area contributed by atoms with Gasteiger partial charge in [0.25, 0.3) is 5.91 Å². The highest BCUT2D eigenvalue weighted by atomic mass is 16.5. The summed E-state index contributed by atoms with van der Waals surface area (Å²) in [6.07, 6.45) is 0. The van der Waals surface area contributed by atoms with E-state index in [4.69, 9.17) is 14.0 Å². The van der Waals surface area contributed by atoms with Crippen molar-refractivity contribution >= 4 is 5.91 Å². The van der Waals surface area contributed by atoms with Crippen molar-refractivity contribution in [2.75, 3.05) is 7.11 Å². The first-order valence-electron chi connectivity index (χ1n) is 9.06. The van der Waals surface area contributed by atoms with E-state index in [0.717, 1.165) is 28.1 Å². The minimum atomic E-state index is -0.127. The van der Waals surface area contributed by atoms with Crippen LogP contribution < -0.4 is 10.1 Å². The lowest BCUT2D eigenvalue weighted by Gasteiger charge is -2.08. The van der Waals surface area contributed by atoms with Crippen LogP contribution in [0.2, 0.25) is 0 Å². The van der Waals surface area contributed by atoms with Crippen LogP contribution in [0.5, 0.6) is 5.75 Å². The zero-order chi connectivity index (χ0) is 19.9. The van der Waals surface area contributed by atoms with Crippen molar-refractivity contribution in [3.05, 3.63) is 82.2 Å². The predicted octanol–water partition coefficient (Wildman–Crippen LogP) is 3.95. The molecule has 0 atom stereocenters. The van der Waals surface area contributed by atoms with Crippen molar-refractivity contribution in [3.63, 3.8) is 0 Å². The number of carbonyl (C=O) groups excluding carboxylic acids is 1. The molecule has 1 heterocycles. The van der Waals surface area contributed by atoms with Gasteiger partial charge in [-0.2, -0.15) is 0 Å². The second-order valence-corrected chi connectivity index (χ2v) is 6.55. The summed E-state index contributed by atoms with van der Waals surface area (Å²) in [6, 6.07) is 15.0. The quantitative estimate of drug-likeness (QED) is 0.641. The van der Waals surface area contributed by atoms with E-state index in [-0.39, 0.29) is 5.91 Å². The van der Waals surface area contributed by atoms with E-state index in [9.17, 15) is 4.79 Å². The van der Waals surface area contributed by atoms with Gasteiger partial charge in [0.15, 0.2) is 0 Å². The van der Waals surface area contributed by atoms with Gasteiger partial charge in [-0.3, -0.25) is 4.79 Å². The van der Waals surface area contributed by atoms with E-state index in [0.29, 0.717) is 31.1 Å². The Morgan fingerprint density at radius 2 is 1.68 bits per heavy atom. The second kappa shape index (κ2) is 9.19. The fourth-order valence-electron chi connectivity index (χ4n) is 2.77. The topological polar surface area (TPSA) is 73.6 Å². The molecule has 0 saturated heterocycles. The molecular formula is C22H24N2O4. The van der Waals surface area contributed by atoms with Crippen LogP contribution in [-0.4, -0.2) is 18.2 Å². The highest BCUT2D eigenvalue weighted by molar-refractivity contribution is 5.94. The average Bonchev–Trinajstić information content (AvgIpc) is 3.04. The molecule has 0 spiro atoms. The smallest absolute Gasteiger partial charge is 0.251 e. The second-order valence-electron chi connectivity index (χ2n) is 6.55. The minimum Gasteiger partial charge on any atom is -0.489 e. The van der Waals surface area contributed by atoms with Crippen LogP contribution in [-0.2, 0) is 24.5 Å². The average molecular weight is 380 g/mol. The molecule has 0 fully saturated rings. The van der Waals surface area contributed by atoms with Crippen LogP contribution in [0.25, 0.3) is 0 Å². The monoisotopic (exact) mass is 380 g/mol. The standard InChI is InChI=1S/C22H24N2O4/c1-15-21(16(2)28-24-15)14-27-20-10-8-19(9-11-20)22(25)23-12-17-4-6-18(7-5-17)13-26-3/h4-11H,12-14H2,1-3H3,(H,23,25). The molecule has 0 aliphatic rings. The van der Waals surface area contributed by atoms with E-state index in [1.807, 2.05) is 38.1 Å². The molecule has 2 aromatic carbocycles. The molecule has 0 aliphatic carbocycles. The van der Waals surface area contributed by atoms with Crippen LogP contribution in [0.1, 0.15) is 38.5 Å². The summed E-state index contributed by atoms with van der Waals surface area (Å²) in [5.74, 6) is 1.31. The lowest BCUT2D eigenvalue weighted by atomic mass is 10.1. The van der Waals surface area contributed by atoms with Crippen LogP contribution in [0.4, 0.5) is 0 Å². The maximum atomic E-state index is 12.3. The summed E-state index contributed by atoms with van der Waals surface area (Å²) in [5.41, 5.74) is 4.49. The van der Waals surface area contributed by atoms with Crippen molar-refractivity contribution in [1.29, 1.82) is 0 Å². The van der Waals surface area contributed by atoms with Gasteiger partial charge < -0.3 is 19.3 Å². The summed E-state index contributed by atoms with van der Waals surface area (Å²) < 4.78 is 16.0. The molecule has 0 saturated carbocycles. The van der Waals surface area contributed by atoms with Crippen molar-refractivity contribution in [1.82, 2.24) is 10.5 Å². The summed E-state index contributed by atoms with van der Waals surface area (Å²) in [5, 5.41) is 6.83. The van der Waals surface area contributed by atoms with Gasteiger partial charge in [0.1, 0.15) is 18.1 Å². The number of nitrogens with one attached hydrogen (secondary N) is 1. The molecule has 0 unspecified atom stereocenters. The fourth-order valence-corrected chi connectivity index (χ4v) is 2.77. The lowest BCUT2D eigenvalue weighted by Crippen LogP contribution is -2.22. The van der Waals surface area contributed by atoms with Gasteiger partial charge in [0.2, 0.25) is 0 Å². The Bertz CT molecular complexity index is 895. The number of carbonyl (C=O) groups is 1. The molecule has 1 amide bonds. The Balaban J connectivity index is 1.51. The van der Waals surface area contributed by atoms with Crippen molar-refractivity contribution < 1.29 is 18.8 Å². The fraction of sp³-hybridized carbons (Fsp3) is 0.273. The Kier molecular flexibility index (Phi) is 6.45. The molecule has 0 bridgehead atoms. The Morgan fingerprint density at radius 1 is 1.00 bits per heavy atom. The summed E-state index contributed by atoms with van der Waals surface area (Å²) in [4.78, 5) is 12.3. The highest BCUT2D eigenvalue weighted by Crippen LogP contribution is 2.18. The Morgan fingerprint density at radius 3 is 2.29 bits per heavy atom. The van der Waals surface area contributed by atoms with Gasteiger partial charge in [-0.25, -0.2) is 0 Å². The number of aromatic nitrogens is 1. The summed E-state index contributed by atoms with van der Waals surface area (Å²) >= 11 is 0. The zero-order valence-corrected chi connectivity index (χ0v) is 16.3. The van der Waals surface area contributed by atoms with Crippen molar-refractivity contribution in [3.8, 4) is 5.75 Å². The molecular weight excluding hydrogens is 356 g/mol. The number of ether oxygens (including phenoxy) is 2. The number of rotatable bonds is 8. The zero-order valence-electron chi connectivity index (χ0n) is 16.3. The molecule has 3 rings (SSSR count). The van der Waals surface area contributed by atoms with E-state index >= 15 is 0 Å². The van der Waals surface area contributed by atoms with Crippen LogP contribution >= 0.6 is 0 Å². The van der Waals surface area contributed by atoms with Crippen LogP contribution in [0, 0.1) is 13.8 Å². The van der Waals surface area contributed by atoms with E-state index in [1.165, 1.54) is 0 Å². The third-order valence-corrected chi connectivity index (χ3v) is 4.47. The van der Waals surface area contributed by atoms with Crippen LogP contribution in [0.3, 0.4) is 0 Å². The molecule has 146 valence electrons. The largest absolute Gasteiger partial charge is 0.489 e. The minimum absolute atomic E-state index is 0.127. The number of hydrogen-bond donors (Lipinski definition) is 1. The first-order valence-corrected chi connectivity index (χ1v) is 9.06. The molecule has 1 aromatic heterocycles. The number of benzene rings is 2.